The summed E-state index contributed by atoms with van der Waals surface area (Å²) < 4.78 is 1.30. The molecule has 0 aliphatic heterocycles. The zero-order valence-corrected chi connectivity index (χ0v) is 9.79. The monoisotopic (exact) mass is 283 g/mol. The van der Waals surface area contributed by atoms with Gasteiger partial charge in [0, 0.05) is 20.8 Å². The lowest BCUT2D eigenvalue weighted by Gasteiger charge is -2.06. The molecule has 0 amide bonds. The normalized spacial score (nSPS) is 10.7. The van der Waals surface area contributed by atoms with Gasteiger partial charge in [-0.2, -0.15) is 0 Å². The third-order valence-corrected chi connectivity index (χ3v) is 3.21. The van der Waals surface area contributed by atoms with Gasteiger partial charge in [-0.05, 0) is 59.5 Å². The van der Waals surface area contributed by atoms with Crippen LogP contribution in [0.3, 0.4) is 0 Å². The molecule has 1 aromatic heterocycles. The summed E-state index contributed by atoms with van der Waals surface area (Å²) in [5, 5.41) is 2.61. The maximum atomic E-state index is 4.31. The molecule has 0 bridgehead atoms. The Hall–Kier alpha value is -0.640. The van der Waals surface area contributed by atoms with Gasteiger partial charge in [0.1, 0.15) is 0 Å². The molecule has 0 saturated carbocycles. The zero-order valence-electron chi connectivity index (χ0n) is 7.63. The Morgan fingerprint density at radius 1 is 1.15 bits per heavy atom. The lowest BCUT2D eigenvalue weighted by molar-refractivity contribution is 1.23. The van der Waals surface area contributed by atoms with Gasteiger partial charge in [0.2, 0.25) is 0 Å². The summed E-state index contributed by atoms with van der Waals surface area (Å²) in [6, 6.07) is 6.38. The smallest absolute Gasteiger partial charge is 0.0453 e. The summed E-state index contributed by atoms with van der Waals surface area (Å²) >= 11 is 2.36. The highest BCUT2D eigenvalue weighted by Gasteiger charge is 2.03. The van der Waals surface area contributed by atoms with Crippen LogP contribution in [0.4, 0.5) is 0 Å². The van der Waals surface area contributed by atoms with Crippen LogP contribution in [0.2, 0.25) is 0 Å². The van der Waals surface area contributed by atoms with E-state index in [1.54, 1.807) is 0 Å². The number of hydrogen-bond donors (Lipinski definition) is 0. The molecule has 0 N–H and O–H groups in total. The number of aromatic nitrogens is 1. The van der Waals surface area contributed by atoms with Gasteiger partial charge < -0.3 is 0 Å². The summed E-state index contributed by atoms with van der Waals surface area (Å²) in [5.74, 6) is 0. The van der Waals surface area contributed by atoms with Gasteiger partial charge in [0.15, 0.2) is 0 Å². The zero-order chi connectivity index (χ0) is 9.42. The Morgan fingerprint density at radius 3 is 2.62 bits per heavy atom. The van der Waals surface area contributed by atoms with Crippen molar-refractivity contribution in [2.45, 2.75) is 13.8 Å². The van der Waals surface area contributed by atoms with Gasteiger partial charge in [0.05, 0.1) is 0 Å². The molecule has 0 atom stereocenters. The van der Waals surface area contributed by atoms with Crippen LogP contribution < -0.4 is 0 Å². The van der Waals surface area contributed by atoms with E-state index in [1.807, 2.05) is 6.20 Å². The lowest BCUT2D eigenvalue weighted by Crippen LogP contribution is -1.88. The van der Waals surface area contributed by atoms with Crippen LogP contribution in [0.25, 0.3) is 10.8 Å². The van der Waals surface area contributed by atoms with Crippen LogP contribution in [0.15, 0.2) is 24.4 Å². The predicted molar refractivity (Wildman–Crippen MR) is 63.9 cm³/mol. The van der Waals surface area contributed by atoms with E-state index in [9.17, 15) is 0 Å². The van der Waals surface area contributed by atoms with Gasteiger partial charge in [-0.15, -0.1) is 0 Å². The van der Waals surface area contributed by atoms with Crippen molar-refractivity contribution < 1.29 is 0 Å². The number of benzene rings is 1. The molecule has 0 saturated heterocycles. The fourth-order valence-electron chi connectivity index (χ4n) is 1.63. The second-order valence-corrected chi connectivity index (χ2v) is 4.35. The number of hydrogen-bond acceptors (Lipinski definition) is 1. The van der Waals surface area contributed by atoms with E-state index in [0.717, 1.165) is 5.69 Å². The molecule has 1 aromatic carbocycles. The molecule has 2 heteroatoms. The third kappa shape index (κ3) is 1.43. The predicted octanol–water partition coefficient (Wildman–Crippen LogP) is 3.46. The fraction of sp³-hybridized carbons (Fsp3) is 0.182. The number of fused-ring (bicyclic) bond motifs is 1. The number of aryl methyl sites for hydroxylation is 2. The average molecular weight is 283 g/mol. The van der Waals surface area contributed by atoms with Crippen molar-refractivity contribution in [3.63, 3.8) is 0 Å². The van der Waals surface area contributed by atoms with Crippen LogP contribution in [0, 0.1) is 17.4 Å². The topological polar surface area (TPSA) is 12.9 Å². The molecular formula is C11H10IN. The van der Waals surface area contributed by atoms with Crippen molar-refractivity contribution in [2.75, 3.05) is 0 Å². The first-order valence-corrected chi connectivity index (χ1v) is 5.28. The third-order valence-electron chi connectivity index (χ3n) is 2.27. The van der Waals surface area contributed by atoms with E-state index in [-0.39, 0.29) is 0 Å². The molecule has 1 heterocycles. The van der Waals surface area contributed by atoms with E-state index in [4.69, 9.17) is 0 Å². The molecular weight excluding hydrogens is 273 g/mol. The number of halogens is 1. The van der Waals surface area contributed by atoms with Crippen molar-refractivity contribution in [3.05, 3.63) is 39.2 Å². The SMILES string of the molecule is Cc1ccc(I)c2ccnc(C)c12. The van der Waals surface area contributed by atoms with E-state index >= 15 is 0 Å². The summed E-state index contributed by atoms with van der Waals surface area (Å²) in [5.41, 5.74) is 2.43. The molecule has 0 radical (unpaired) electrons. The molecule has 0 fully saturated rings. The summed E-state index contributed by atoms with van der Waals surface area (Å²) in [7, 11) is 0. The Bertz CT molecular complexity index is 455. The number of pyridine rings is 1. The minimum absolute atomic E-state index is 1.12. The Balaban J connectivity index is 3.00. The second-order valence-electron chi connectivity index (χ2n) is 3.18. The Morgan fingerprint density at radius 2 is 1.92 bits per heavy atom. The van der Waals surface area contributed by atoms with Gasteiger partial charge in [0.25, 0.3) is 0 Å². The summed E-state index contributed by atoms with van der Waals surface area (Å²) in [4.78, 5) is 4.31. The van der Waals surface area contributed by atoms with Gasteiger partial charge in [-0.1, -0.05) is 6.07 Å². The Kier molecular flexibility index (Phi) is 2.24. The van der Waals surface area contributed by atoms with Crippen molar-refractivity contribution in [3.8, 4) is 0 Å². The standard InChI is InChI=1S/C11H10IN/c1-7-3-4-10(12)9-5-6-13-8(2)11(7)9/h3-6H,1-2H3. The average Bonchev–Trinajstić information content (AvgIpc) is 2.12. The second kappa shape index (κ2) is 3.25. The fourth-order valence-corrected chi connectivity index (χ4v) is 2.26. The molecule has 0 aliphatic carbocycles. The highest BCUT2D eigenvalue weighted by molar-refractivity contribution is 14.1. The highest BCUT2D eigenvalue weighted by Crippen LogP contribution is 2.24. The first-order chi connectivity index (χ1) is 6.20. The maximum absolute atomic E-state index is 4.31. The molecule has 2 rings (SSSR count). The highest BCUT2D eigenvalue weighted by atomic mass is 127. The first kappa shape index (κ1) is 8.94. The van der Waals surface area contributed by atoms with E-state index < -0.39 is 0 Å². The maximum Gasteiger partial charge on any atom is 0.0453 e. The van der Waals surface area contributed by atoms with Crippen LogP contribution >= 0.6 is 22.6 Å². The van der Waals surface area contributed by atoms with E-state index in [2.05, 4.69) is 59.6 Å². The van der Waals surface area contributed by atoms with Crippen molar-refractivity contribution in [2.24, 2.45) is 0 Å². The van der Waals surface area contributed by atoms with Crippen molar-refractivity contribution >= 4 is 33.4 Å². The quantitative estimate of drug-likeness (QED) is 0.675. The molecule has 1 nitrogen and oxygen atoms in total. The van der Waals surface area contributed by atoms with Gasteiger partial charge >= 0.3 is 0 Å². The van der Waals surface area contributed by atoms with E-state index in [1.165, 1.54) is 19.9 Å². The molecule has 0 unspecified atom stereocenters. The van der Waals surface area contributed by atoms with Crippen molar-refractivity contribution in [1.82, 2.24) is 4.98 Å². The minimum Gasteiger partial charge on any atom is -0.261 e. The molecule has 0 aliphatic rings. The van der Waals surface area contributed by atoms with Gasteiger partial charge in [-0.25, -0.2) is 0 Å². The minimum atomic E-state index is 1.12. The van der Waals surface area contributed by atoms with Gasteiger partial charge in [-0.3, -0.25) is 4.98 Å². The van der Waals surface area contributed by atoms with Crippen LogP contribution in [-0.4, -0.2) is 4.98 Å². The van der Waals surface area contributed by atoms with Crippen molar-refractivity contribution in [1.29, 1.82) is 0 Å². The van der Waals surface area contributed by atoms with Crippen LogP contribution in [0.5, 0.6) is 0 Å². The first-order valence-electron chi connectivity index (χ1n) is 4.20. The molecule has 0 spiro atoms. The molecule has 13 heavy (non-hydrogen) atoms. The Labute approximate surface area is 91.3 Å². The van der Waals surface area contributed by atoms with Crippen LogP contribution in [-0.2, 0) is 0 Å². The van der Waals surface area contributed by atoms with E-state index in [0.29, 0.717) is 0 Å². The van der Waals surface area contributed by atoms with Crippen LogP contribution in [0.1, 0.15) is 11.3 Å². The molecule has 66 valence electrons. The lowest BCUT2D eigenvalue weighted by atomic mass is 10.1. The largest absolute Gasteiger partial charge is 0.261 e. The summed E-state index contributed by atoms with van der Waals surface area (Å²) in [6.45, 7) is 4.19. The summed E-state index contributed by atoms with van der Waals surface area (Å²) in [6.07, 6.45) is 1.87. The molecule has 2 aromatic rings. The number of nitrogens with zero attached hydrogens (tertiary/aromatic N) is 1. The number of rotatable bonds is 0.